The summed E-state index contributed by atoms with van der Waals surface area (Å²) < 4.78 is 12.8. The zero-order valence-corrected chi connectivity index (χ0v) is 12.6. The maximum absolute atomic E-state index is 12.8. The van der Waals surface area contributed by atoms with E-state index in [1.165, 1.54) is 24.3 Å². The van der Waals surface area contributed by atoms with E-state index < -0.39 is 12.0 Å². The lowest BCUT2D eigenvalue weighted by Gasteiger charge is -2.21. The van der Waals surface area contributed by atoms with E-state index in [2.05, 4.69) is 5.32 Å². The Morgan fingerprint density at radius 1 is 1.24 bits per heavy atom. The molecule has 4 nitrogen and oxygen atoms in total. The van der Waals surface area contributed by atoms with Gasteiger partial charge in [0.25, 0.3) is 0 Å². The molecule has 0 bridgehead atoms. The van der Waals surface area contributed by atoms with E-state index in [0.29, 0.717) is 18.4 Å². The van der Waals surface area contributed by atoms with Gasteiger partial charge in [0.05, 0.1) is 6.42 Å². The zero-order chi connectivity index (χ0) is 16.0. The number of rotatable bonds is 6. The number of hydrogen-bond donors (Lipinski definition) is 2. The van der Waals surface area contributed by atoms with Gasteiger partial charge in [-0.2, -0.15) is 0 Å². The van der Waals surface area contributed by atoms with Crippen molar-refractivity contribution in [2.45, 2.75) is 46.1 Å². The summed E-state index contributed by atoms with van der Waals surface area (Å²) >= 11 is 0. The highest BCUT2D eigenvalue weighted by molar-refractivity contribution is 5.84. The number of hydrogen-bond acceptors (Lipinski definition) is 2. The minimum Gasteiger partial charge on any atom is -0.480 e. The molecule has 0 saturated carbocycles. The first kappa shape index (κ1) is 17.1. The van der Waals surface area contributed by atoms with Gasteiger partial charge in [-0.1, -0.05) is 32.9 Å². The summed E-state index contributed by atoms with van der Waals surface area (Å²) in [5.41, 5.74) is 0.656. The maximum atomic E-state index is 12.8. The van der Waals surface area contributed by atoms with Crippen molar-refractivity contribution >= 4 is 11.9 Å². The van der Waals surface area contributed by atoms with Gasteiger partial charge in [-0.05, 0) is 36.0 Å². The second kappa shape index (κ2) is 7.20. The molecule has 1 aromatic carbocycles. The summed E-state index contributed by atoms with van der Waals surface area (Å²) in [6.45, 7) is 6.06. The fourth-order valence-corrected chi connectivity index (χ4v) is 1.87. The molecule has 0 heterocycles. The van der Waals surface area contributed by atoms with Crippen LogP contribution in [0.5, 0.6) is 0 Å². The Morgan fingerprint density at radius 3 is 2.29 bits per heavy atom. The van der Waals surface area contributed by atoms with Gasteiger partial charge in [-0.25, -0.2) is 9.18 Å². The predicted octanol–water partition coefficient (Wildman–Crippen LogP) is 2.76. The van der Waals surface area contributed by atoms with Crippen molar-refractivity contribution in [3.63, 3.8) is 0 Å². The Labute approximate surface area is 124 Å². The first-order valence-corrected chi connectivity index (χ1v) is 6.94. The third-order valence-electron chi connectivity index (χ3n) is 3.09. The molecule has 116 valence electrons. The van der Waals surface area contributed by atoms with Crippen molar-refractivity contribution in [2.24, 2.45) is 5.41 Å². The van der Waals surface area contributed by atoms with Crippen LogP contribution in [-0.4, -0.2) is 23.0 Å². The topological polar surface area (TPSA) is 66.4 Å². The number of benzene rings is 1. The van der Waals surface area contributed by atoms with E-state index in [1.54, 1.807) is 0 Å². The molecule has 0 radical (unpaired) electrons. The largest absolute Gasteiger partial charge is 0.480 e. The summed E-state index contributed by atoms with van der Waals surface area (Å²) in [6.07, 6.45) is 1.12. The minimum absolute atomic E-state index is 0.00931. The predicted molar refractivity (Wildman–Crippen MR) is 78.4 cm³/mol. The van der Waals surface area contributed by atoms with Crippen LogP contribution < -0.4 is 5.32 Å². The molecule has 1 aromatic rings. The standard InChI is InChI=1S/C16H22FNO3/c1-16(2,3)9-8-13(15(20)21)18-14(19)10-11-4-6-12(17)7-5-11/h4-7,13H,8-10H2,1-3H3,(H,18,19)(H,20,21). The summed E-state index contributed by atoms with van der Waals surface area (Å²) in [4.78, 5) is 23.1. The van der Waals surface area contributed by atoms with E-state index in [4.69, 9.17) is 5.11 Å². The van der Waals surface area contributed by atoms with Crippen molar-refractivity contribution in [3.05, 3.63) is 35.6 Å². The molecule has 21 heavy (non-hydrogen) atoms. The quantitative estimate of drug-likeness (QED) is 0.848. The molecule has 0 aliphatic heterocycles. The van der Waals surface area contributed by atoms with Crippen molar-refractivity contribution < 1.29 is 19.1 Å². The van der Waals surface area contributed by atoms with E-state index in [9.17, 15) is 14.0 Å². The van der Waals surface area contributed by atoms with Crippen LogP contribution >= 0.6 is 0 Å². The summed E-state index contributed by atoms with van der Waals surface area (Å²) in [7, 11) is 0. The second-order valence-electron chi connectivity index (χ2n) is 6.36. The van der Waals surface area contributed by atoms with Crippen LogP contribution in [0.1, 0.15) is 39.2 Å². The Morgan fingerprint density at radius 2 is 1.81 bits per heavy atom. The van der Waals surface area contributed by atoms with Crippen molar-refractivity contribution in [2.75, 3.05) is 0 Å². The van der Waals surface area contributed by atoms with Crippen LogP contribution in [-0.2, 0) is 16.0 Å². The molecule has 0 aliphatic rings. The number of amides is 1. The highest BCUT2D eigenvalue weighted by Crippen LogP contribution is 2.21. The monoisotopic (exact) mass is 295 g/mol. The molecule has 1 amide bonds. The number of carboxylic acids is 1. The molecule has 0 fully saturated rings. The van der Waals surface area contributed by atoms with E-state index in [0.717, 1.165) is 0 Å². The van der Waals surface area contributed by atoms with Crippen LogP contribution in [0.4, 0.5) is 4.39 Å². The lowest BCUT2D eigenvalue weighted by atomic mass is 9.88. The number of carbonyl (C=O) groups is 2. The minimum atomic E-state index is -1.04. The average Bonchev–Trinajstić information content (AvgIpc) is 2.36. The molecule has 0 aliphatic carbocycles. The van der Waals surface area contributed by atoms with Gasteiger partial charge in [-0.15, -0.1) is 0 Å². The summed E-state index contributed by atoms with van der Waals surface area (Å²) in [5, 5.41) is 11.7. The van der Waals surface area contributed by atoms with Gasteiger partial charge in [0.2, 0.25) is 5.91 Å². The van der Waals surface area contributed by atoms with Crippen LogP contribution in [0.2, 0.25) is 0 Å². The Hall–Kier alpha value is -1.91. The van der Waals surface area contributed by atoms with Crippen LogP contribution in [0.3, 0.4) is 0 Å². The molecule has 1 unspecified atom stereocenters. The third kappa shape index (κ3) is 6.88. The van der Waals surface area contributed by atoms with Crippen LogP contribution in [0.15, 0.2) is 24.3 Å². The lowest BCUT2D eigenvalue weighted by molar-refractivity contribution is -0.142. The van der Waals surface area contributed by atoms with Gasteiger partial charge in [0, 0.05) is 0 Å². The van der Waals surface area contributed by atoms with Gasteiger partial charge in [0.15, 0.2) is 0 Å². The summed E-state index contributed by atoms with van der Waals surface area (Å²) in [6, 6.07) is 4.69. The van der Waals surface area contributed by atoms with E-state index >= 15 is 0 Å². The Kier molecular flexibility index (Phi) is 5.88. The molecular weight excluding hydrogens is 273 g/mol. The van der Waals surface area contributed by atoms with Crippen LogP contribution in [0, 0.1) is 11.2 Å². The third-order valence-corrected chi connectivity index (χ3v) is 3.09. The molecule has 5 heteroatoms. The SMILES string of the molecule is CC(C)(C)CCC(NC(=O)Cc1ccc(F)cc1)C(=O)O. The molecular formula is C16H22FNO3. The second-order valence-corrected chi connectivity index (χ2v) is 6.36. The Bertz CT molecular complexity index is 491. The van der Waals surface area contributed by atoms with Crippen LogP contribution in [0.25, 0.3) is 0 Å². The number of carboxylic acid groups (broad SMARTS) is 1. The number of carbonyl (C=O) groups excluding carboxylic acids is 1. The fraction of sp³-hybridized carbons (Fsp3) is 0.500. The first-order valence-electron chi connectivity index (χ1n) is 6.94. The average molecular weight is 295 g/mol. The van der Waals surface area contributed by atoms with Crippen molar-refractivity contribution in [3.8, 4) is 0 Å². The lowest BCUT2D eigenvalue weighted by Crippen LogP contribution is -2.42. The molecule has 1 atom stereocenters. The van der Waals surface area contributed by atoms with Gasteiger partial charge in [0.1, 0.15) is 11.9 Å². The fourth-order valence-electron chi connectivity index (χ4n) is 1.87. The smallest absolute Gasteiger partial charge is 0.326 e. The Balaban J connectivity index is 2.56. The highest BCUT2D eigenvalue weighted by Gasteiger charge is 2.22. The normalized spacial score (nSPS) is 12.8. The van der Waals surface area contributed by atoms with Crippen molar-refractivity contribution in [1.29, 1.82) is 0 Å². The maximum Gasteiger partial charge on any atom is 0.326 e. The van der Waals surface area contributed by atoms with Crippen molar-refractivity contribution in [1.82, 2.24) is 5.32 Å². The number of halogens is 1. The molecule has 0 aromatic heterocycles. The first-order chi connectivity index (χ1) is 9.67. The number of aliphatic carboxylic acids is 1. The summed E-state index contributed by atoms with van der Waals surface area (Å²) in [5.74, 6) is -1.78. The van der Waals surface area contributed by atoms with Gasteiger partial charge in [-0.3, -0.25) is 4.79 Å². The zero-order valence-electron chi connectivity index (χ0n) is 12.6. The van der Waals surface area contributed by atoms with E-state index in [-0.39, 0.29) is 23.6 Å². The highest BCUT2D eigenvalue weighted by atomic mass is 19.1. The van der Waals surface area contributed by atoms with Gasteiger partial charge >= 0.3 is 5.97 Å². The number of nitrogens with one attached hydrogen (secondary N) is 1. The van der Waals surface area contributed by atoms with Gasteiger partial charge < -0.3 is 10.4 Å². The molecule has 0 spiro atoms. The molecule has 1 rings (SSSR count). The molecule has 2 N–H and O–H groups in total. The van der Waals surface area contributed by atoms with E-state index in [1.807, 2.05) is 20.8 Å². The molecule has 0 saturated heterocycles.